The molecule has 1 unspecified atom stereocenters. The molecule has 3 amide bonds. The lowest BCUT2D eigenvalue weighted by atomic mass is 10.0. The molecule has 5 rings (SSSR count). The van der Waals surface area contributed by atoms with Gasteiger partial charge in [-0.25, -0.2) is 4.79 Å². The van der Waals surface area contributed by atoms with Crippen LogP contribution in [0.5, 0.6) is 6.01 Å². The standard InChI is InChI=1S/C33H36ClF3N8O7/c34-22-7-5-21(6-8-22)32(12-13-32)45-30-42-29(43-31(44-30)52-18-33(35,36)37)40-23-9-3-20(4-10-23)25(46)41-24(28(49)50)11-14-38-26(47)27(48)39-16-19-2-1-15-51-17-19/h3-10,19,24H,1-2,11-18H2,(H,38,47)(H,39,48)(H,41,46)(H,49,50)(H2,40,42,43,44,45)/t19?,24-/m0/s1. The van der Waals surface area contributed by atoms with Gasteiger partial charge in [0.05, 0.1) is 12.1 Å². The van der Waals surface area contributed by atoms with Crippen LogP contribution in [0.1, 0.15) is 48.0 Å². The average Bonchev–Trinajstić information content (AvgIpc) is 3.90. The topological polar surface area (TPSA) is 206 Å². The summed E-state index contributed by atoms with van der Waals surface area (Å²) in [4.78, 5) is 61.2. The number of hydrogen-bond acceptors (Lipinski definition) is 11. The minimum absolute atomic E-state index is 0.0378. The van der Waals surface area contributed by atoms with Crippen molar-refractivity contribution in [3.63, 3.8) is 0 Å². The maximum Gasteiger partial charge on any atom is 0.422 e. The summed E-state index contributed by atoms with van der Waals surface area (Å²) in [6, 6.07) is 10.8. The van der Waals surface area contributed by atoms with Crippen LogP contribution in [0.4, 0.5) is 30.8 Å². The Hall–Kier alpha value is -5.23. The number of halogens is 4. The largest absolute Gasteiger partial charge is 0.480 e. The third kappa shape index (κ3) is 11.1. The van der Waals surface area contributed by atoms with Gasteiger partial charge in [-0.2, -0.15) is 28.1 Å². The molecule has 2 atom stereocenters. The molecule has 1 aliphatic carbocycles. The number of nitrogens with one attached hydrogen (secondary N) is 5. The first-order valence-corrected chi connectivity index (χ1v) is 16.7. The van der Waals surface area contributed by atoms with E-state index in [2.05, 4.69) is 41.5 Å². The number of aromatic nitrogens is 3. The van der Waals surface area contributed by atoms with Crippen molar-refractivity contribution in [2.75, 3.05) is 43.5 Å². The number of carbonyl (C=O) groups excluding carboxylic acids is 3. The molecular weight excluding hydrogens is 713 g/mol. The van der Waals surface area contributed by atoms with Gasteiger partial charge in [0.25, 0.3) is 5.91 Å². The van der Waals surface area contributed by atoms with E-state index < -0.39 is 54.1 Å². The van der Waals surface area contributed by atoms with E-state index in [0.717, 1.165) is 18.4 Å². The fourth-order valence-electron chi connectivity index (χ4n) is 5.30. The Kier molecular flexibility index (Phi) is 12.3. The van der Waals surface area contributed by atoms with Crippen molar-refractivity contribution in [3.8, 4) is 6.01 Å². The highest BCUT2D eigenvalue weighted by atomic mass is 35.5. The number of carboxylic acid groups (broad SMARTS) is 1. The lowest BCUT2D eigenvalue weighted by Gasteiger charge is -2.22. The number of alkyl halides is 3. The van der Waals surface area contributed by atoms with E-state index in [9.17, 15) is 37.5 Å². The van der Waals surface area contributed by atoms with Gasteiger partial charge in [-0.05, 0) is 80.0 Å². The molecule has 1 saturated heterocycles. The Morgan fingerprint density at radius 3 is 2.31 bits per heavy atom. The van der Waals surface area contributed by atoms with E-state index in [-0.39, 0.29) is 42.9 Å². The number of hydrogen-bond donors (Lipinski definition) is 6. The molecule has 2 fully saturated rings. The third-order valence-corrected chi connectivity index (χ3v) is 8.47. The number of benzene rings is 2. The molecule has 3 aromatic rings. The van der Waals surface area contributed by atoms with Crippen LogP contribution in [0, 0.1) is 5.92 Å². The summed E-state index contributed by atoms with van der Waals surface area (Å²) in [7, 11) is 0. The zero-order valence-electron chi connectivity index (χ0n) is 27.6. The van der Waals surface area contributed by atoms with E-state index in [0.29, 0.717) is 36.8 Å². The van der Waals surface area contributed by atoms with Gasteiger partial charge < -0.3 is 41.2 Å². The lowest BCUT2D eigenvalue weighted by Crippen LogP contribution is -2.46. The predicted molar refractivity (Wildman–Crippen MR) is 180 cm³/mol. The maximum atomic E-state index is 12.9. The molecule has 278 valence electrons. The van der Waals surface area contributed by atoms with Crippen molar-refractivity contribution >= 4 is 52.9 Å². The Bertz CT molecular complexity index is 1740. The van der Waals surface area contributed by atoms with Crippen molar-refractivity contribution in [2.24, 2.45) is 5.92 Å². The molecule has 0 spiro atoms. The molecule has 6 N–H and O–H groups in total. The molecule has 0 bridgehead atoms. The van der Waals surface area contributed by atoms with E-state index in [1.807, 2.05) is 12.1 Å². The monoisotopic (exact) mass is 748 g/mol. The summed E-state index contributed by atoms with van der Waals surface area (Å²) >= 11 is 6.01. The number of rotatable bonds is 15. The van der Waals surface area contributed by atoms with Crippen LogP contribution in [0.3, 0.4) is 0 Å². The summed E-state index contributed by atoms with van der Waals surface area (Å²) in [5.41, 5.74) is 0.744. The molecule has 1 saturated carbocycles. The summed E-state index contributed by atoms with van der Waals surface area (Å²) in [6.07, 6.45) is -1.69. The zero-order chi connectivity index (χ0) is 37.3. The fraction of sp³-hybridized carbons (Fsp3) is 0.424. The summed E-state index contributed by atoms with van der Waals surface area (Å²) < 4.78 is 48.9. The Balaban J connectivity index is 1.17. The SMILES string of the molecule is O=C(NCC[C@H](NC(=O)c1ccc(Nc2nc(NC3(c4ccc(Cl)cc4)CC3)nc(OCC(F)(F)F)n2)cc1)C(=O)O)C(=O)NCC1CCCOC1. The molecule has 15 nitrogen and oxygen atoms in total. The first-order valence-electron chi connectivity index (χ1n) is 16.3. The molecular formula is C33H36ClF3N8O7. The zero-order valence-corrected chi connectivity index (χ0v) is 28.4. The van der Waals surface area contributed by atoms with Gasteiger partial charge in [0.2, 0.25) is 11.9 Å². The Morgan fingerprint density at radius 1 is 0.981 bits per heavy atom. The predicted octanol–water partition coefficient (Wildman–Crippen LogP) is 3.54. The molecule has 1 aliphatic heterocycles. The van der Waals surface area contributed by atoms with Crippen LogP contribution >= 0.6 is 11.6 Å². The number of ether oxygens (including phenoxy) is 2. The smallest absolute Gasteiger partial charge is 0.422 e. The number of nitrogens with zero attached hydrogens (tertiary/aromatic N) is 3. The normalized spacial score (nSPS) is 16.9. The lowest BCUT2D eigenvalue weighted by molar-refractivity contribution is -0.154. The maximum absolute atomic E-state index is 12.9. The number of anilines is 3. The highest BCUT2D eigenvalue weighted by molar-refractivity contribution is 6.35. The molecule has 2 heterocycles. The molecule has 2 aromatic carbocycles. The Labute approximate surface area is 300 Å². The van der Waals surface area contributed by atoms with Crippen molar-refractivity contribution < 1.29 is 46.9 Å². The number of amides is 3. The number of aliphatic carboxylic acids is 1. The van der Waals surface area contributed by atoms with Gasteiger partial charge in [0.15, 0.2) is 6.61 Å². The number of carbonyl (C=O) groups is 4. The van der Waals surface area contributed by atoms with E-state index in [1.165, 1.54) is 24.3 Å². The van der Waals surface area contributed by atoms with Crippen molar-refractivity contribution in [2.45, 2.75) is 49.9 Å². The minimum atomic E-state index is -4.64. The Morgan fingerprint density at radius 2 is 1.67 bits per heavy atom. The molecule has 1 aromatic heterocycles. The number of carboxylic acids is 1. The van der Waals surface area contributed by atoms with Gasteiger partial charge in [-0.15, -0.1) is 0 Å². The second-order valence-electron chi connectivity index (χ2n) is 12.3. The van der Waals surface area contributed by atoms with Gasteiger partial charge in [-0.3, -0.25) is 14.4 Å². The van der Waals surface area contributed by atoms with Crippen LogP contribution in [0.25, 0.3) is 0 Å². The highest BCUT2D eigenvalue weighted by Crippen LogP contribution is 2.48. The summed E-state index contributed by atoms with van der Waals surface area (Å²) in [6.45, 7) is -0.379. The van der Waals surface area contributed by atoms with E-state index in [1.54, 1.807) is 12.1 Å². The molecule has 52 heavy (non-hydrogen) atoms. The van der Waals surface area contributed by atoms with E-state index in [4.69, 9.17) is 21.1 Å². The van der Waals surface area contributed by atoms with Crippen LogP contribution < -0.4 is 31.3 Å². The van der Waals surface area contributed by atoms with Gasteiger partial charge in [0, 0.05) is 36.0 Å². The van der Waals surface area contributed by atoms with Gasteiger partial charge in [-0.1, -0.05) is 23.7 Å². The van der Waals surface area contributed by atoms with Crippen LogP contribution in [0.2, 0.25) is 5.02 Å². The van der Waals surface area contributed by atoms with E-state index >= 15 is 0 Å². The van der Waals surface area contributed by atoms with Gasteiger partial charge >= 0.3 is 30.0 Å². The summed E-state index contributed by atoms with van der Waals surface area (Å²) in [5, 5.41) is 23.5. The quantitative estimate of drug-likeness (QED) is 0.124. The first kappa shape index (κ1) is 38.0. The second-order valence-corrected chi connectivity index (χ2v) is 12.7. The third-order valence-electron chi connectivity index (χ3n) is 8.22. The average molecular weight is 749 g/mol. The van der Waals surface area contributed by atoms with Crippen LogP contribution in [-0.2, 0) is 24.7 Å². The molecule has 2 aliphatic rings. The summed E-state index contributed by atoms with van der Waals surface area (Å²) in [5.74, 6) is -3.94. The highest BCUT2D eigenvalue weighted by Gasteiger charge is 2.45. The van der Waals surface area contributed by atoms with Gasteiger partial charge in [0.1, 0.15) is 6.04 Å². The molecule has 19 heteroatoms. The first-order chi connectivity index (χ1) is 24.8. The minimum Gasteiger partial charge on any atom is -0.480 e. The van der Waals surface area contributed by atoms with Crippen LogP contribution in [0.15, 0.2) is 48.5 Å². The fourth-order valence-corrected chi connectivity index (χ4v) is 5.43. The van der Waals surface area contributed by atoms with Crippen LogP contribution in [-0.4, -0.2) is 88.9 Å². The molecule has 0 radical (unpaired) electrons. The van der Waals surface area contributed by atoms with Crippen molar-refractivity contribution in [3.05, 3.63) is 64.7 Å². The van der Waals surface area contributed by atoms with Crippen molar-refractivity contribution in [1.82, 2.24) is 30.9 Å². The second kappa shape index (κ2) is 16.9. The van der Waals surface area contributed by atoms with Crippen molar-refractivity contribution in [1.29, 1.82) is 0 Å².